The fourth-order valence-electron chi connectivity index (χ4n) is 3.73. The van der Waals surface area contributed by atoms with Crippen molar-refractivity contribution < 1.29 is 19.1 Å². The highest BCUT2D eigenvalue weighted by molar-refractivity contribution is 5.75. The number of carboxylic acids is 1. The summed E-state index contributed by atoms with van der Waals surface area (Å²) in [4.78, 5) is 16.4. The number of rotatable bonds is 11. The average molecular weight is 438 g/mol. The summed E-state index contributed by atoms with van der Waals surface area (Å²) < 4.78 is 11.7. The molecule has 32 heavy (non-hydrogen) atoms. The molecule has 1 heterocycles. The minimum atomic E-state index is -0.988. The summed E-state index contributed by atoms with van der Waals surface area (Å²) in [5.41, 5.74) is 3.58. The van der Waals surface area contributed by atoms with Gasteiger partial charge in [0.15, 0.2) is 17.6 Å². The number of carboxylic acid groups (broad SMARTS) is 1. The number of aromatic nitrogens is 1. The fraction of sp³-hybridized carbons (Fsp3) is 0.481. The van der Waals surface area contributed by atoms with Crippen LogP contribution in [0.5, 0.6) is 5.75 Å². The second-order valence-electron chi connectivity index (χ2n) is 9.50. The van der Waals surface area contributed by atoms with Gasteiger partial charge in [0.25, 0.3) is 0 Å². The topological polar surface area (TPSA) is 72.6 Å². The number of unbranched alkanes of at least 4 members (excludes halogenated alkanes) is 4. The molecule has 1 atom stereocenters. The number of oxazole rings is 1. The molecule has 0 aliphatic rings. The molecular weight excluding hydrogens is 402 g/mol. The van der Waals surface area contributed by atoms with Crippen LogP contribution >= 0.6 is 0 Å². The molecule has 5 nitrogen and oxygen atoms in total. The van der Waals surface area contributed by atoms with Gasteiger partial charge in [-0.3, -0.25) is 0 Å². The maximum atomic E-state index is 11.8. The molecule has 3 rings (SSSR count). The molecule has 3 aromatic rings. The standard InChI is InChI=1S/C27H35NO4/c1-5-6-7-8-9-10-25-28-22-17-19(11-16-23(22)32-25)18-24(26(29)30)31-21-14-12-20(13-15-21)27(2,3)4/h11-17,24H,5-10,18H2,1-4H3,(H,29,30)/t24-/m0/s1. The smallest absolute Gasteiger partial charge is 0.345 e. The first-order valence-electron chi connectivity index (χ1n) is 11.6. The Morgan fingerprint density at radius 2 is 1.78 bits per heavy atom. The third-order valence-electron chi connectivity index (χ3n) is 5.69. The van der Waals surface area contributed by atoms with Gasteiger partial charge in [-0.25, -0.2) is 9.78 Å². The van der Waals surface area contributed by atoms with Gasteiger partial charge in [-0.2, -0.15) is 0 Å². The quantitative estimate of drug-likeness (QED) is 0.337. The first-order valence-corrected chi connectivity index (χ1v) is 11.6. The summed E-state index contributed by atoms with van der Waals surface area (Å²) in [5, 5.41) is 9.70. The first kappa shape index (κ1) is 23.8. The molecule has 0 aliphatic carbocycles. The SMILES string of the molecule is CCCCCCCc1nc2cc(C[C@H](Oc3ccc(C(C)(C)C)cc3)C(=O)O)ccc2o1. The zero-order valence-electron chi connectivity index (χ0n) is 19.7. The predicted octanol–water partition coefficient (Wildman–Crippen LogP) is 6.71. The second-order valence-corrected chi connectivity index (χ2v) is 9.50. The summed E-state index contributed by atoms with van der Waals surface area (Å²) in [6.45, 7) is 8.63. The van der Waals surface area contributed by atoms with Crippen molar-refractivity contribution in [3.63, 3.8) is 0 Å². The van der Waals surface area contributed by atoms with E-state index >= 15 is 0 Å². The number of carbonyl (C=O) groups is 1. The number of hydrogen-bond acceptors (Lipinski definition) is 4. The van der Waals surface area contributed by atoms with Crippen LogP contribution in [0, 0.1) is 0 Å². The number of aryl methyl sites for hydroxylation is 1. The normalized spacial score (nSPS) is 12.8. The van der Waals surface area contributed by atoms with Crippen LogP contribution in [0.15, 0.2) is 46.9 Å². The van der Waals surface area contributed by atoms with Gasteiger partial charge in [0, 0.05) is 12.8 Å². The number of aliphatic carboxylic acids is 1. The lowest BCUT2D eigenvalue weighted by Crippen LogP contribution is -2.29. The van der Waals surface area contributed by atoms with E-state index in [0.717, 1.165) is 35.4 Å². The van der Waals surface area contributed by atoms with Crippen molar-refractivity contribution in [3.05, 3.63) is 59.5 Å². The highest BCUT2D eigenvalue weighted by Gasteiger charge is 2.21. The Bertz CT molecular complexity index is 1010. The molecule has 0 saturated carbocycles. The maximum absolute atomic E-state index is 11.8. The summed E-state index contributed by atoms with van der Waals surface area (Å²) in [6, 6.07) is 13.3. The van der Waals surface area contributed by atoms with Crippen LogP contribution in [0.3, 0.4) is 0 Å². The Morgan fingerprint density at radius 3 is 2.44 bits per heavy atom. The summed E-state index contributed by atoms with van der Waals surface area (Å²) in [7, 11) is 0. The van der Waals surface area contributed by atoms with Crippen LogP contribution in [-0.4, -0.2) is 22.2 Å². The first-order chi connectivity index (χ1) is 15.3. The molecule has 172 valence electrons. The van der Waals surface area contributed by atoms with Crippen molar-refractivity contribution >= 4 is 17.1 Å². The van der Waals surface area contributed by atoms with Gasteiger partial charge in [-0.15, -0.1) is 0 Å². The van der Waals surface area contributed by atoms with E-state index in [1.807, 2.05) is 42.5 Å². The van der Waals surface area contributed by atoms with Crippen LogP contribution in [-0.2, 0) is 23.1 Å². The van der Waals surface area contributed by atoms with E-state index in [0.29, 0.717) is 5.75 Å². The molecule has 0 unspecified atom stereocenters. The Labute approximate surface area is 190 Å². The zero-order valence-corrected chi connectivity index (χ0v) is 19.7. The summed E-state index contributed by atoms with van der Waals surface area (Å²) in [5.74, 6) is 0.315. The minimum Gasteiger partial charge on any atom is -0.478 e. The van der Waals surface area contributed by atoms with E-state index in [2.05, 4.69) is 32.7 Å². The predicted molar refractivity (Wildman–Crippen MR) is 127 cm³/mol. The van der Waals surface area contributed by atoms with Crippen molar-refractivity contribution in [2.75, 3.05) is 0 Å². The Balaban J connectivity index is 1.65. The van der Waals surface area contributed by atoms with Crippen LogP contribution in [0.1, 0.15) is 76.8 Å². The molecule has 0 aliphatic heterocycles. The molecule has 0 bridgehead atoms. The Morgan fingerprint density at radius 1 is 1.06 bits per heavy atom. The third kappa shape index (κ3) is 6.59. The van der Waals surface area contributed by atoms with Gasteiger partial charge >= 0.3 is 5.97 Å². The van der Waals surface area contributed by atoms with Crippen LogP contribution < -0.4 is 4.74 Å². The maximum Gasteiger partial charge on any atom is 0.345 e. The van der Waals surface area contributed by atoms with E-state index in [1.165, 1.54) is 31.2 Å². The average Bonchev–Trinajstić information content (AvgIpc) is 3.15. The van der Waals surface area contributed by atoms with Crippen molar-refractivity contribution in [1.82, 2.24) is 4.98 Å². The lowest BCUT2D eigenvalue weighted by atomic mass is 9.87. The molecule has 0 fully saturated rings. The monoisotopic (exact) mass is 437 g/mol. The largest absolute Gasteiger partial charge is 0.478 e. The number of hydrogen-bond donors (Lipinski definition) is 1. The molecular formula is C27H35NO4. The van der Waals surface area contributed by atoms with Crippen molar-refractivity contribution in [3.8, 4) is 5.75 Å². The van der Waals surface area contributed by atoms with Crippen LogP contribution in [0.2, 0.25) is 0 Å². The van der Waals surface area contributed by atoms with E-state index in [1.54, 1.807) is 0 Å². The molecule has 0 radical (unpaired) electrons. The lowest BCUT2D eigenvalue weighted by Gasteiger charge is -2.20. The molecule has 5 heteroatoms. The number of fused-ring (bicyclic) bond motifs is 1. The van der Waals surface area contributed by atoms with Crippen molar-refractivity contribution in [1.29, 1.82) is 0 Å². The molecule has 0 spiro atoms. The Kier molecular flexibility index (Phi) is 7.94. The van der Waals surface area contributed by atoms with E-state index in [9.17, 15) is 9.90 Å². The van der Waals surface area contributed by atoms with Gasteiger partial charge in [0.2, 0.25) is 0 Å². The highest BCUT2D eigenvalue weighted by atomic mass is 16.5. The van der Waals surface area contributed by atoms with E-state index < -0.39 is 12.1 Å². The van der Waals surface area contributed by atoms with E-state index in [-0.39, 0.29) is 11.8 Å². The number of benzene rings is 2. The number of nitrogens with zero attached hydrogens (tertiary/aromatic N) is 1. The zero-order chi connectivity index (χ0) is 23.1. The summed E-state index contributed by atoms with van der Waals surface area (Å²) in [6.07, 6.45) is 6.12. The Hall–Kier alpha value is -2.82. The van der Waals surface area contributed by atoms with Crippen molar-refractivity contribution in [2.45, 2.75) is 84.2 Å². The third-order valence-corrected chi connectivity index (χ3v) is 5.69. The summed E-state index contributed by atoms with van der Waals surface area (Å²) >= 11 is 0. The lowest BCUT2D eigenvalue weighted by molar-refractivity contribution is -0.145. The molecule has 0 amide bonds. The van der Waals surface area contributed by atoms with Gasteiger partial charge in [0.05, 0.1) is 0 Å². The highest BCUT2D eigenvalue weighted by Crippen LogP contribution is 2.25. The molecule has 0 saturated heterocycles. The van der Waals surface area contributed by atoms with Crippen molar-refractivity contribution in [2.24, 2.45) is 0 Å². The fourth-order valence-corrected chi connectivity index (χ4v) is 3.73. The number of ether oxygens (including phenoxy) is 1. The van der Waals surface area contributed by atoms with Crippen LogP contribution in [0.4, 0.5) is 0 Å². The molecule has 2 aromatic carbocycles. The minimum absolute atomic E-state index is 0.0338. The van der Waals surface area contributed by atoms with Crippen LogP contribution in [0.25, 0.3) is 11.1 Å². The molecule has 1 N–H and O–H groups in total. The van der Waals surface area contributed by atoms with E-state index in [4.69, 9.17) is 9.15 Å². The second kappa shape index (κ2) is 10.7. The van der Waals surface area contributed by atoms with Gasteiger partial charge < -0.3 is 14.3 Å². The molecule has 1 aromatic heterocycles. The van der Waals surface area contributed by atoms with Gasteiger partial charge in [-0.05, 0) is 47.2 Å². The van der Waals surface area contributed by atoms with Gasteiger partial charge in [-0.1, -0.05) is 71.6 Å². The van der Waals surface area contributed by atoms with Gasteiger partial charge in [0.1, 0.15) is 11.3 Å².